The van der Waals surface area contributed by atoms with Gasteiger partial charge in [0.2, 0.25) is 5.78 Å². The van der Waals surface area contributed by atoms with Crippen molar-refractivity contribution < 1.29 is 29.0 Å². The number of carboxylic acid groups (broad SMARTS) is 1. The molecule has 8 heteroatoms. The van der Waals surface area contributed by atoms with Crippen molar-refractivity contribution in [3.8, 4) is 11.5 Å². The second-order valence-electron chi connectivity index (χ2n) is 12.6. The van der Waals surface area contributed by atoms with E-state index in [1.807, 2.05) is 57.2 Å². The van der Waals surface area contributed by atoms with E-state index < -0.39 is 16.8 Å². The molecule has 0 aliphatic carbocycles. The lowest BCUT2D eigenvalue weighted by Gasteiger charge is -2.22. The first-order valence-electron chi connectivity index (χ1n) is 14.4. The number of benzene rings is 2. The molecule has 0 bridgehead atoms. The first-order valence-corrected chi connectivity index (χ1v) is 14.4. The second-order valence-corrected chi connectivity index (χ2v) is 12.6. The number of aromatic nitrogens is 2. The predicted octanol–water partition coefficient (Wildman–Crippen LogP) is 7.19. The van der Waals surface area contributed by atoms with Crippen LogP contribution < -0.4 is 9.47 Å². The molecule has 8 nitrogen and oxygen atoms in total. The Morgan fingerprint density at radius 1 is 0.886 bits per heavy atom. The zero-order chi connectivity index (χ0) is 31.8. The van der Waals surface area contributed by atoms with E-state index in [2.05, 4.69) is 4.98 Å². The number of para-hydroxylation sites is 1. The largest absolute Gasteiger partial charge is 0.497 e. The Hall–Kier alpha value is -4.98. The number of Topliss-reactive ketones (excluding diaryl/α,β-unsaturated/α-hetero) is 1. The smallest absolute Gasteiger partial charge is 0.309 e. The van der Waals surface area contributed by atoms with Gasteiger partial charge in [-0.1, -0.05) is 45.0 Å². The van der Waals surface area contributed by atoms with Gasteiger partial charge in [0, 0.05) is 34.2 Å². The van der Waals surface area contributed by atoms with Crippen LogP contribution in [0.2, 0.25) is 0 Å². The molecular formula is C36H36N2O6. The molecule has 0 saturated carbocycles. The van der Waals surface area contributed by atoms with Crippen LogP contribution in [-0.2, 0) is 17.8 Å². The molecule has 0 aliphatic heterocycles. The summed E-state index contributed by atoms with van der Waals surface area (Å²) in [4.78, 5) is 45.2. The Bertz CT molecular complexity index is 1890. The second kappa shape index (κ2) is 11.6. The van der Waals surface area contributed by atoms with Gasteiger partial charge < -0.3 is 19.0 Å². The summed E-state index contributed by atoms with van der Waals surface area (Å²) in [6.07, 6.45) is 1.67. The van der Waals surface area contributed by atoms with Crippen LogP contribution in [0.15, 0.2) is 79.0 Å². The van der Waals surface area contributed by atoms with Crippen molar-refractivity contribution >= 4 is 34.0 Å². The van der Waals surface area contributed by atoms with Gasteiger partial charge in [0.1, 0.15) is 18.1 Å². The third-order valence-corrected chi connectivity index (χ3v) is 7.73. The average Bonchev–Trinajstić information content (AvgIpc) is 3.30. The maximum absolute atomic E-state index is 14.2. The number of nitrogens with zero attached hydrogens (tertiary/aromatic N) is 2. The van der Waals surface area contributed by atoms with Gasteiger partial charge in [-0.25, -0.2) is 4.98 Å². The summed E-state index contributed by atoms with van der Waals surface area (Å²) in [7, 11) is 1.55. The highest BCUT2D eigenvalue weighted by Crippen LogP contribution is 2.37. The summed E-state index contributed by atoms with van der Waals surface area (Å²) in [6, 6.07) is 21.9. The molecule has 0 unspecified atom stereocenters. The van der Waals surface area contributed by atoms with Crippen LogP contribution in [0.1, 0.15) is 72.3 Å². The summed E-state index contributed by atoms with van der Waals surface area (Å²) in [5.74, 6) is -0.480. The molecular weight excluding hydrogens is 556 g/mol. The number of carbonyl (C=O) groups excluding carboxylic acids is 2. The van der Waals surface area contributed by atoms with Crippen LogP contribution >= 0.6 is 0 Å². The van der Waals surface area contributed by atoms with Gasteiger partial charge in [-0.3, -0.25) is 14.4 Å². The van der Waals surface area contributed by atoms with E-state index in [0.29, 0.717) is 33.7 Å². The summed E-state index contributed by atoms with van der Waals surface area (Å²) in [5.41, 5.74) is 1.35. The Labute approximate surface area is 256 Å². The predicted molar refractivity (Wildman–Crippen MR) is 169 cm³/mol. The van der Waals surface area contributed by atoms with Gasteiger partial charge >= 0.3 is 5.97 Å². The highest BCUT2D eigenvalue weighted by molar-refractivity contribution is 6.15. The molecule has 3 aromatic heterocycles. The summed E-state index contributed by atoms with van der Waals surface area (Å²) in [5, 5.41) is 11.1. The van der Waals surface area contributed by atoms with Gasteiger partial charge in [0.15, 0.2) is 5.78 Å². The number of ketones is 2. The van der Waals surface area contributed by atoms with Gasteiger partial charge in [0.25, 0.3) is 0 Å². The van der Waals surface area contributed by atoms with E-state index in [-0.39, 0.29) is 30.3 Å². The van der Waals surface area contributed by atoms with Crippen LogP contribution in [-0.4, -0.2) is 39.1 Å². The third-order valence-electron chi connectivity index (χ3n) is 7.73. The minimum absolute atomic E-state index is 0.0321. The zero-order valence-electron chi connectivity index (χ0n) is 25.8. The molecule has 0 spiro atoms. The molecule has 5 aromatic rings. The SMILES string of the molecule is COc1ccc(C(=O)c2c(CC(C)(C)C(=O)O)c(C(=O)C(C)(C)C)c3cc(OCc4ccc5ccccc5n4)ccn23)cc1. The molecule has 0 saturated heterocycles. The number of ether oxygens (including phenoxy) is 2. The number of carboxylic acids is 1. The van der Waals surface area contributed by atoms with Gasteiger partial charge in [-0.05, 0) is 68.3 Å². The minimum Gasteiger partial charge on any atom is -0.497 e. The molecule has 0 fully saturated rings. The molecule has 0 radical (unpaired) electrons. The molecule has 0 aliphatic rings. The fraction of sp³-hybridized carbons (Fsp3) is 0.278. The Kier molecular flexibility index (Phi) is 8.04. The maximum Gasteiger partial charge on any atom is 0.309 e. The number of pyridine rings is 2. The number of fused-ring (bicyclic) bond motifs is 2. The molecule has 3 heterocycles. The van der Waals surface area contributed by atoms with Crippen LogP contribution in [0.4, 0.5) is 0 Å². The van der Waals surface area contributed by atoms with Gasteiger partial charge in [-0.2, -0.15) is 0 Å². The normalized spacial score (nSPS) is 12.0. The van der Waals surface area contributed by atoms with E-state index >= 15 is 0 Å². The van der Waals surface area contributed by atoms with Crippen molar-refractivity contribution in [2.75, 3.05) is 7.11 Å². The summed E-state index contributed by atoms with van der Waals surface area (Å²) in [6.45, 7) is 8.80. The quantitative estimate of drug-likeness (QED) is 0.171. The monoisotopic (exact) mass is 592 g/mol. The number of aliphatic carboxylic acids is 1. The lowest BCUT2D eigenvalue weighted by Crippen LogP contribution is -2.29. The maximum atomic E-state index is 14.2. The first kappa shape index (κ1) is 30.5. The summed E-state index contributed by atoms with van der Waals surface area (Å²) >= 11 is 0. The van der Waals surface area contributed by atoms with Crippen molar-refractivity contribution in [2.24, 2.45) is 10.8 Å². The van der Waals surface area contributed by atoms with Crippen molar-refractivity contribution in [3.05, 3.63) is 107 Å². The fourth-order valence-electron chi connectivity index (χ4n) is 5.17. The highest BCUT2D eigenvalue weighted by atomic mass is 16.5. The number of methoxy groups -OCH3 is 1. The minimum atomic E-state index is -1.26. The number of hydrogen-bond acceptors (Lipinski definition) is 6. The molecule has 2 aromatic carbocycles. The Morgan fingerprint density at radius 2 is 1.59 bits per heavy atom. The Balaban J connectivity index is 1.66. The number of carbonyl (C=O) groups is 3. The van der Waals surface area contributed by atoms with Crippen LogP contribution in [0.25, 0.3) is 16.4 Å². The van der Waals surface area contributed by atoms with E-state index in [1.165, 1.54) is 0 Å². The Morgan fingerprint density at radius 3 is 2.25 bits per heavy atom. The number of hydrogen-bond donors (Lipinski definition) is 1. The fourth-order valence-corrected chi connectivity index (χ4v) is 5.17. The lowest BCUT2D eigenvalue weighted by atomic mass is 9.79. The van der Waals surface area contributed by atoms with Crippen molar-refractivity contribution in [3.63, 3.8) is 0 Å². The van der Waals surface area contributed by atoms with E-state index in [4.69, 9.17) is 9.47 Å². The topological polar surface area (TPSA) is 107 Å². The van der Waals surface area contributed by atoms with Crippen molar-refractivity contribution in [2.45, 2.75) is 47.6 Å². The van der Waals surface area contributed by atoms with Crippen LogP contribution in [0.5, 0.6) is 11.5 Å². The first-order chi connectivity index (χ1) is 20.8. The standard InChI is InChI=1S/C36H36N2O6/c1-35(2,3)33(40)30-27(20-36(4,5)34(41)42)31(32(39)23-12-15-25(43-6)16-13-23)38-18-17-26(19-29(30)38)44-21-24-14-11-22-9-7-8-10-28(22)37-24/h7-19H,20-21H2,1-6H3,(H,41,42). The molecule has 0 atom stereocenters. The van der Waals surface area contributed by atoms with Gasteiger partial charge in [0.05, 0.1) is 34.9 Å². The van der Waals surface area contributed by atoms with E-state index in [9.17, 15) is 19.5 Å². The van der Waals surface area contributed by atoms with Crippen LogP contribution in [0, 0.1) is 10.8 Å². The lowest BCUT2D eigenvalue weighted by molar-refractivity contribution is -0.146. The molecule has 5 rings (SSSR count). The zero-order valence-corrected chi connectivity index (χ0v) is 25.8. The van der Waals surface area contributed by atoms with Crippen molar-refractivity contribution in [1.82, 2.24) is 9.38 Å². The van der Waals surface area contributed by atoms with E-state index in [0.717, 1.165) is 16.6 Å². The van der Waals surface area contributed by atoms with Crippen LogP contribution in [0.3, 0.4) is 0 Å². The highest BCUT2D eigenvalue weighted by Gasteiger charge is 2.37. The van der Waals surface area contributed by atoms with Gasteiger partial charge in [-0.15, -0.1) is 0 Å². The molecule has 226 valence electrons. The van der Waals surface area contributed by atoms with Crippen molar-refractivity contribution in [1.29, 1.82) is 0 Å². The molecule has 0 amide bonds. The van der Waals surface area contributed by atoms with E-state index in [1.54, 1.807) is 68.0 Å². The molecule has 44 heavy (non-hydrogen) atoms. The third kappa shape index (κ3) is 5.93. The number of rotatable bonds is 10. The summed E-state index contributed by atoms with van der Waals surface area (Å²) < 4.78 is 13.1. The average molecular weight is 593 g/mol. The molecule has 1 N–H and O–H groups in total.